The van der Waals surface area contributed by atoms with Crippen LogP contribution in [0.4, 0.5) is 0 Å². The fraction of sp³-hybridized carbons (Fsp3) is 0.952. The number of carboxylic acid groups (broad SMARTS) is 1. The lowest BCUT2D eigenvalue weighted by Crippen LogP contribution is -2.23. The topological polar surface area (TPSA) is 77.8 Å². The van der Waals surface area contributed by atoms with Crippen LogP contribution in [0.3, 0.4) is 0 Å². The summed E-state index contributed by atoms with van der Waals surface area (Å²) >= 11 is 0. The van der Waals surface area contributed by atoms with Gasteiger partial charge >= 0.3 is 5.97 Å². The van der Waals surface area contributed by atoms with Crippen LogP contribution in [0.25, 0.3) is 0 Å². The third-order valence-corrected chi connectivity index (χ3v) is 5.47. The van der Waals surface area contributed by atoms with Crippen LogP contribution in [0, 0.1) is 10.8 Å². The maximum Gasteiger partial charge on any atom is 0.309 e. The molecule has 4 heteroatoms. The number of carbonyl (C=O) groups is 1. The number of aliphatic carboxylic acids is 1. The summed E-state index contributed by atoms with van der Waals surface area (Å²) in [6.45, 7) is 8.13. The van der Waals surface area contributed by atoms with Gasteiger partial charge in [-0.3, -0.25) is 4.79 Å². The Balaban J connectivity index is 3.65. The normalized spacial score (nSPS) is 15.8. The molecule has 150 valence electrons. The second-order valence-corrected chi connectivity index (χ2v) is 8.76. The quantitative estimate of drug-likeness (QED) is 0.333. The van der Waals surface area contributed by atoms with E-state index in [1.54, 1.807) is 13.8 Å². The smallest absolute Gasteiger partial charge is 0.309 e. The Bertz CT molecular complexity index is 354. The molecule has 0 heterocycles. The largest absolute Gasteiger partial charge is 0.481 e. The van der Waals surface area contributed by atoms with E-state index in [1.807, 2.05) is 0 Å². The van der Waals surface area contributed by atoms with Crippen molar-refractivity contribution >= 4 is 5.97 Å². The highest BCUT2D eigenvalue weighted by molar-refractivity contribution is 5.73. The van der Waals surface area contributed by atoms with Crippen LogP contribution in [0.15, 0.2) is 0 Å². The molecule has 3 N–H and O–H groups in total. The minimum Gasteiger partial charge on any atom is -0.481 e. The molecule has 0 aliphatic rings. The van der Waals surface area contributed by atoms with E-state index in [2.05, 4.69) is 13.8 Å². The van der Waals surface area contributed by atoms with Crippen LogP contribution < -0.4 is 0 Å². The van der Waals surface area contributed by atoms with Crippen LogP contribution >= 0.6 is 0 Å². The lowest BCUT2D eigenvalue weighted by molar-refractivity contribution is -0.147. The molecule has 0 radical (unpaired) electrons. The molecule has 2 atom stereocenters. The van der Waals surface area contributed by atoms with Gasteiger partial charge in [-0.05, 0) is 51.4 Å². The zero-order valence-corrected chi connectivity index (χ0v) is 17.0. The lowest BCUT2D eigenvalue weighted by atomic mass is 9.81. The SMILES string of the molecule is CCCC(C)(CO)CCCCCC(O)CCCCCC(C)(C)C(=O)O. The number of aliphatic hydroxyl groups excluding tert-OH is 2. The van der Waals surface area contributed by atoms with Crippen molar-refractivity contribution in [1.29, 1.82) is 0 Å². The van der Waals surface area contributed by atoms with Crippen molar-refractivity contribution in [3.8, 4) is 0 Å². The van der Waals surface area contributed by atoms with Crippen molar-refractivity contribution < 1.29 is 20.1 Å². The number of unbranched alkanes of at least 4 members (excludes halogenated alkanes) is 4. The molecular weight excluding hydrogens is 316 g/mol. The monoisotopic (exact) mass is 358 g/mol. The van der Waals surface area contributed by atoms with E-state index in [9.17, 15) is 15.0 Å². The highest BCUT2D eigenvalue weighted by atomic mass is 16.4. The molecule has 0 amide bonds. The Hall–Kier alpha value is -0.610. The zero-order valence-electron chi connectivity index (χ0n) is 17.0. The average molecular weight is 359 g/mol. The summed E-state index contributed by atoms with van der Waals surface area (Å²) in [6, 6.07) is 0. The minimum absolute atomic E-state index is 0.0666. The Morgan fingerprint density at radius 3 is 1.84 bits per heavy atom. The summed E-state index contributed by atoms with van der Waals surface area (Å²) in [4.78, 5) is 11.0. The maximum absolute atomic E-state index is 11.0. The maximum atomic E-state index is 11.0. The van der Waals surface area contributed by atoms with Crippen LogP contribution in [0.5, 0.6) is 0 Å². The van der Waals surface area contributed by atoms with E-state index < -0.39 is 11.4 Å². The first-order chi connectivity index (χ1) is 11.7. The Kier molecular flexibility index (Phi) is 12.4. The van der Waals surface area contributed by atoms with E-state index in [-0.39, 0.29) is 18.1 Å². The zero-order chi connectivity index (χ0) is 19.3. The van der Waals surface area contributed by atoms with Gasteiger partial charge in [-0.15, -0.1) is 0 Å². The molecule has 0 fully saturated rings. The highest BCUT2D eigenvalue weighted by Gasteiger charge is 2.26. The summed E-state index contributed by atoms with van der Waals surface area (Å²) in [5, 5.41) is 28.6. The van der Waals surface area contributed by atoms with Crippen molar-refractivity contribution in [2.45, 2.75) is 111 Å². The summed E-state index contributed by atoms with van der Waals surface area (Å²) in [7, 11) is 0. The van der Waals surface area contributed by atoms with Crippen molar-refractivity contribution in [2.75, 3.05) is 6.61 Å². The Morgan fingerprint density at radius 1 is 0.880 bits per heavy atom. The first kappa shape index (κ1) is 24.4. The van der Waals surface area contributed by atoms with Gasteiger partial charge in [-0.2, -0.15) is 0 Å². The second kappa shape index (κ2) is 12.7. The van der Waals surface area contributed by atoms with Gasteiger partial charge in [-0.1, -0.05) is 58.8 Å². The fourth-order valence-corrected chi connectivity index (χ4v) is 3.37. The molecule has 0 saturated carbocycles. The molecule has 0 aromatic heterocycles. The van der Waals surface area contributed by atoms with E-state index in [0.717, 1.165) is 70.6 Å². The van der Waals surface area contributed by atoms with E-state index in [1.165, 1.54) is 0 Å². The van der Waals surface area contributed by atoms with Gasteiger partial charge in [0.1, 0.15) is 0 Å². The summed E-state index contributed by atoms with van der Waals surface area (Å²) in [5.41, 5.74) is -0.573. The van der Waals surface area contributed by atoms with Gasteiger partial charge in [0.2, 0.25) is 0 Å². The third-order valence-electron chi connectivity index (χ3n) is 5.47. The van der Waals surface area contributed by atoms with Gasteiger partial charge in [0, 0.05) is 6.61 Å². The van der Waals surface area contributed by atoms with Gasteiger partial charge < -0.3 is 15.3 Å². The van der Waals surface area contributed by atoms with E-state index in [0.29, 0.717) is 6.42 Å². The van der Waals surface area contributed by atoms with E-state index in [4.69, 9.17) is 5.11 Å². The molecule has 0 bridgehead atoms. The van der Waals surface area contributed by atoms with Gasteiger partial charge in [0.15, 0.2) is 0 Å². The first-order valence-electron chi connectivity index (χ1n) is 10.2. The Labute approximate surface area is 155 Å². The fourth-order valence-electron chi connectivity index (χ4n) is 3.37. The van der Waals surface area contributed by atoms with Gasteiger partial charge in [-0.25, -0.2) is 0 Å². The standard InChI is InChI=1S/C21H42O4/c1-5-14-21(4,17-22)16-11-7-9-13-18(23)12-8-6-10-15-20(2,3)19(24)25/h18,22-23H,5-17H2,1-4H3,(H,24,25). The summed E-state index contributed by atoms with van der Waals surface area (Å²) in [6.07, 6.45) is 11.5. The summed E-state index contributed by atoms with van der Waals surface area (Å²) < 4.78 is 0. The first-order valence-corrected chi connectivity index (χ1v) is 10.2. The molecule has 0 spiro atoms. The summed E-state index contributed by atoms with van der Waals surface area (Å²) in [5.74, 6) is -0.733. The highest BCUT2D eigenvalue weighted by Crippen LogP contribution is 2.29. The number of carboxylic acids is 1. The number of hydrogen-bond acceptors (Lipinski definition) is 3. The lowest BCUT2D eigenvalue weighted by Gasteiger charge is -2.26. The predicted octanol–water partition coefficient (Wildman–Crippen LogP) is 5.16. The molecular formula is C21H42O4. The van der Waals surface area contributed by atoms with Crippen LogP contribution in [0.2, 0.25) is 0 Å². The number of hydrogen-bond donors (Lipinski definition) is 3. The van der Waals surface area contributed by atoms with Crippen molar-refractivity contribution in [1.82, 2.24) is 0 Å². The molecule has 0 aromatic carbocycles. The number of rotatable bonds is 16. The Morgan fingerprint density at radius 2 is 1.40 bits per heavy atom. The van der Waals surface area contributed by atoms with Crippen molar-refractivity contribution in [2.24, 2.45) is 10.8 Å². The third kappa shape index (κ3) is 11.6. The second-order valence-electron chi connectivity index (χ2n) is 8.76. The van der Waals surface area contributed by atoms with Crippen molar-refractivity contribution in [3.05, 3.63) is 0 Å². The van der Waals surface area contributed by atoms with Crippen LogP contribution in [-0.4, -0.2) is 34.0 Å². The average Bonchev–Trinajstić information content (AvgIpc) is 2.54. The van der Waals surface area contributed by atoms with Crippen LogP contribution in [0.1, 0.15) is 105 Å². The molecule has 0 aliphatic heterocycles. The van der Waals surface area contributed by atoms with Gasteiger partial charge in [0.05, 0.1) is 11.5 Å². The molecule has 25 heavy (non-hydrogen) atoms. The molecule has 0 aromatic rings. The predicted molar refractivity (Wildman–Crippen MR) is 104 cm³/mol. The number of aliphatic hydroxyl groups is 2. The molecule has 4 nitrogen and oxygen atoms in total. The molecule has 2 unspecified atom stereocenters. The minimum atomic E-state index is -0.733. The van der Waals surface area contributed by atoms with Crippen molar-refractivity contribution in [3.63, 3.8) is 0 Å². The molecule has 0 aliphatic carbocycles. The van der Waals surface area contributed by atoms with Gasteiger partial charge in [0.25, 0.3) is 0 Å². The molecule has 0 rings (SSSR count). The van der Waals surface area contributed by atoms with E-state index >= 15 is 0 Å². The van der Waals surface area contributed by atoms with Crippen LogP contribution in [-0.2, 0) is 4.79 Å². The molecule has 0 saturated heterocycles.